The number of benzene rings is 2. The van der Waals surface area contributed by atoms with Crippen LogP contribution in [0.2, 0.25) is 5.02 Å². The molecular weight excluding hydrogens is 507 g/mol. The van der Waals surface area contributed by atoms with Gasteiger partial charge in [0, 0.05) is 30.2 Å². The Morgan fingerprint density at radius 3 is 2.43 bits per heavy atom. The van der Waals surface area contributed by atoms with Crippen molar-refractivity contribution in [1.29, 1.82) is 0 Å². The molecule has 6 nitrogen and oxygen atoms in total. The Morgan fingerprint density at radius 1 is 0.971 bits per heavy atom. The number of hydrogen-bond donors (Lipinski definition) is 2. The molecule has 0 spiro atoms. The number of hydrogen-bond acceptors (Lipinski definition) is 3. The van der Waals surface area contributed by atoms with E-state index in [1.54, 1.807) is 47.3 Å². The second-order valence-corrected chi connectivity index (χ2v) is 10.7. The molecule has 9 heteroatoms. The fourth-order valence-electron chi connectivity index (χ4n) is 4.45. The Morgan fingerprint density at radius 2 is 1.69 bits per heavy atom. The minimum atomic E-state index is -1.21. The summed E-state index contributed by atoms with van der Waals surface area (Å²) in [5, 5.41) is 5.92. The van der Waals surface area contributed by atoms with Crippen molar-refractivity contribution in [2.45, 2.75) is 24.1 Å². The number of amides is 2. The van der Waals surface area contributed by atoms with E-state index in [2.05, 4.69) is 21.7 Å². The van der Waals surface area contributed by atoms with Gasteiger partial charge in [-0.05, 0) is 49.7 Å². The number of nitrogens with zero attached hydrogens (tertiary/aromatic N) is 2. The summed E-state index contributed by atoms with van der Waals surface area (Å²) in [6, 6.07) is 14.3. The zero-order valence-corrected chi connectivity index (χ0v) is 21.1. The van der Waals surface area contributed by atoms with Crippen LogP contribution >= 0.6 is 34.8 Å². The number of aryl methyl sites for hydroxylation is 2. The van der Waals surface area contributed by atoms with Crippen LogP contribution in [0.3, 0.4) is 0 Å². The molecule has 0 radical (unpaired) electrons. The van der Waals surface area contributed by atoms with Gasteiger partial charge in [-0.2, -0.15) is 0 Å². The third-order valence-corrected chi connectivity index (χ3v) is 7.33. The monoisotopic (exact) mass is 526 g/mol. The second-order valence-electron chi connectivity index (χ2n) is 8.80. The van der Waals surface area contributed by atoms with Crippen molar-refractivity contribution in [1.82, 2.24) is 9.38 Å². The molecule has 35 heavy (non-hydrogen) atoms. The van der Waals surface area contributed by atoms with Crippen LogP contribution in [0.25, 0.3) is 5.65 Å². The molecule has 2 unspecified atom stereocenters. The number of carbonyl (C=O) groups excluding carboxylic acids is 2. The molecule has 2 amide bonds. The predicted octanol–water partition coefficient (Wildman–Crippen LogP) is 6.38. The molecule has 4 aromatic rings. The molecule has 1 saturated carbocycles. The number of nitrogens with one attached hydrogen (secondary N) is 2. The van der Waals surface area contributed by atoms with E-state index in [0.29, 0.717) is 11.4 Å². The first-order chi connectivity index (χ1) is 16.6. The number of carbonyl (C=O) groups is 2. The van der Waals surface area contributed by atoms with Crippen molar-refractivity contribution in [3.63, 3.8) is 0 Å². The molecule has 0 bridgehead atoms. The van der Waals surface area contributed by atoms with E-state index in [9.17, 15) is 9.59 Å². The van der Waals surface area contributed by atoms with Crippen LogP contribution in [-0.4, -0.2) is 25.5 Å². The number of halogens is 3. The highest BCUT2D eigenvalue weighted by molar-refractivity contribution is 6.53. The number of fused-ring (bicyclic) bond motifs is 1. The Balaban J connectivity index is 1.33. The molecule has 1 aliphatic rings. The molecule has 0 saturated heterocycles. The van der Waals surface area contributed by atoms with Crippen molar-refractivity contribution >= 4 is 63.6 Å². The average Bonchev–Trinajstić information content (AvgIpc) is 3.11. The number of rotatable bonds is 5. The highest BCUT2D eigenvalue weighted by Crippen LogP contribution is 2.65. The topological polar surface area (TPSA) is 75.5 Å². The lowest BCUT2D eigenvalue weighted by molar-refractivity contribution is -0.117. The van der Waals surface area contributed by atoms with Gasteiger partial charge in [0.2, 0.25) is 5.91 Å². The summed E-state index contributed by atoms with van der Waals surface area (Å²) >= 11 is 19.3. The van der Waals surface area contributed by atoms with Crippen LogP contribution in [0.15, 0.2) is 67.1 Å². The van der Waals surface area contributed by atoms with Crippen molar-refractivity contribution in [2.24, 2.45) is 5.92 Å². The van der Waals surface area contributed by atoms with Crippen LogP contribution in [-0.2, 0) is 4.79 Å². The van der Waals surface area contributed by atoms with Gasteiger partial charge in [0.25, 0.3) is 5.91 Å². The number of alkyl halides is 2. The predicted molar refractivity (Wildman–Crippen MR) is 140 cm³/mol. The molecule has 1 aliphatic carbocycles. The summed E-state index contributed by atoms with van der Waals surface area (Å²) < 4.78 is 0.586. The molecule has 2 heterocycles. The third kappa shape index (κ3) is 4.61. The van der Waals surface area contributed by atoms with Crippen LogP contribution in [0, 0.1) is 19.8 Å². The standard InChI is InChI=1S/C26H21Cl3N4O2/c1-14-9-15(2)11-16(10-14)22-23(26(22,28)29)25(35)31-17-3-5-20(27)19(12-17)24(34)32-18-4-6-21-30-7-8-33(21)13-18/h3-13,22-23H,1-2H3,(H,31,35)(H,32,34). The lowest BCUT2D eigenvalue weighted by Gasteiger charge is -2.11. The molecule has 2 N–H and O–H groups in total. The highest BCUT2D eigenvalue weighted by Gasteiger charge is 2.67. The van der Waals surface area contributed by atoms with Gasteiger partial charge in [-0.1, -0.05) is 40.9 Å². The second kappa shape index (κ2) is 8.86. The van der Waals surface area contributed by atoms with Crippen LogP contribution in [0.1, 0.15) is 33.0 Å². The van der Waals surface area contributed by atoms with Crippen LogP contribution in [0.5, 0.6) is 0 Å². The zero-order valence-electron chi connectivity index (χ0n) is 18.9. The summed E-state index contributed by atoms with van der Waals surface area (Å²) in [4.78, 5) is 30.2. The fourth-order valence-corrected chi connectivity index (χ4v) is 5.48. The van der Waals surface area contributed by atoms with Gasteiger partial charge in [0.05, 0.1) is 22.2 Å². The van der Waals surface area contributed by atoms with Gasteiger partial charge >= 0.3 is 0 Å². The van der Waals surface area contributed by atoms with Crippen molar-refractivity contribution in [3.05, 3.63) is 94.4 Å². The lowest BCUT2D eigenvalue weighted by Crippen LogP contribution is -2.18. The van der Waals surface area contributed by atoms with E-state index in [4.69, 9.17) is 34.8 Å². The first kappa shape index (κ1) is 23.7. The first-order valence-corrected chi connectivity index (χ1v) is 12.1. The average molecular weight is 528 g/mol. The van der Waals surface area contributed by atoms with Crippen molar-refractivity contribution in [3.8, 4) is 0 Å². The number of pyridine rings is 1. The SMILES string of the molecule is Cc1cc(C)cc(C2C(C(=O)Nc3ccc(Cl)c(C(=O)Nc4ccc5nccn5c4)c3)C2(Cl)Cl)c1. The first-order valence-electron chi connectivity index (χ1n) is 10.9. The van der Waals surface area contributed by atoms with Crippen molar-refractivity contribution in [2.75, 3.05) is 10.6 Å². The number of aromatic nitrogens is 2. The van der Waals surface area contributed by atoms with E-state index < -0.39 is 16.2 Å². The maximum Gasteiger partial charge on any atom is 0.257 e. The molecule has 0 aliphatic heterocycles. The molecule has 2 aromatic heterocycles. The van der Waals surface area contributed by atoms with Crippen LogP contribution < -0.4 is 10.6 Å². The largest absolute Gasteiger partial charge is 0.326 e. The van der Waals surface area contributed by atoms with Crippen molar-refractivity contribution < 1.29 is 9.59 Å². The summed E-state index contributed by atoms with van der Waals surface area (Å²) in [5.41, 5.74) is 5.07. The Hall–Kier alpha value is -3.06. The van der Waals surface area contributed by atoms with E-state index in [1.165, 1.54) is 6.07 Å². The molecule has 2 atom stereocenters. The van der Waals surface area contributed by atoms with Gasteiger partial charge in [0.15, 0.2) is 0 Å². The fraction of sp³-hybridized carbons (Fsp3) is 0.192. The van der Waals surface area contributed by atoms with Gasteiger partial charge in [0.1, 0.15) is 9.98 Å². The molecule has 5 rings (SSSR count). The third-order valence-electron chi connectivity index (χ3n) is 6.06. The van der Waals surface area contributed by atoms with E-state index in [0.717, 1.165) is 22.3 Å². The Bertz CT molecular complexity index is 1460. The minimum Gasteiger partial charge on any atom is -0.326 e. The minimum absolute atomic E-state index is 0.222. The zero-order chi connectivity index (χ0) is 24.9. The molecule has 2 aromatic carbocycles. The van der Waals surface area contributed by atoms with E-state index >= 15 is 0 Å². The molecule has 1 fully saturated rings. The molecule has 178 valence electrons. The Kier molecular flexibility index (Phi) is 5.99. The maximum atomic E-state index is 13.1. The highest BCUT2D eigenvalue weighted by atomic mass is 35.5. The lowest BCUT2D eigenvalue weighted by atomic mass is 10.0. The van der Waals surface area contributed by atoms with Gasteiger partial charge in [-0.25, -0.2) is 4.98 Å². The number of imidazole rings is 1. The van der Waals surface area contributed by atoms with Gasteiger partial charge in [-0.3, -0.25) is 9.59 Å². The molecular formula is C26H21Cl3N4O2. The smallest absolute Gasteiger partial charge is 0.257 e. The summed E-state index contributed by atoms with van der Waals surface area (Å²) in [6.07, 6.45) is 5.20. The Labute approximate surface area is 217 Å². The van der Waals surface area contributed by atoms with Gasteiger partial charge in [-0.15, -0.1) is 23.2 Å². The summed E-state index contributed by atoms with van der Waals surface area (Å²) in [6.45, 7) is 3.98. The van der Waals surface area contributed by atoms with Gasteiger partial charge < -0.3 is 15.0 Å². The quantitative estimate of drug-likeness (QED) is 0.296. The maximum absolute atomic E-state index is 13.1. The van der Waals surface area contributed by atoms with E-state index in [1.807, 2.05) is 26.0 Å². The summed E-state index contributed by atoms with van der Waals surface area (Å²) in [7, 11) is 0. The van der Waals surface area contributed by atoms with Crippen LogP contribution in [0.4, 0.5) is 11.4 Å². The van der Waals surface area contributed by atoms with E-state index in [-0.39, 0.29) is 22.4 Å². The normalized spacial score (nSPS) is 18.3. The number of anilines is 2. The summed E-state index contributed by atoms with van der Waals surface area (Å²) in [5.74, 6) is -1.67.